The fourth-order valence-electron chi connectivity index (χ4n) is 4.71. The quantitative estimate of drug-likeness (QED) is 0.459. The Kier molecular flexibility index (Phi) is 6.30. The lowest BCUT2D eigenvalue weighted by atomic mass is 10.1. The zero-order valence-electron chi connectivity index (χ0n) is 19.9. The first-order chi connectivity index (χ1) is 17.5. The van der Waals surface area contributed by atoms with Crippen LogP contribution in [0.1, 0.15) is 25.1 Å². The number of sulfonamides is 1. The Labute approximate surface area is 210 Å². The average Bonchev–Trinajstić information content (AvgIpc) is 3.33. The van der Waals surface area contributed by atoms with Gasteiger partial charge in [-0.25, -0.2) is 31.6 Å². The maximum absolute atomic E-state index is 13.6. The Morgan fingerprint density at radius 2 is 1.81 bits per heavy atom. The highest BCUT2D eigenvalue weighted by molar-refractivity contribution is 7.93. The molecule has 2 aliphatic rings. The third-order valence-electron chi connectivity index (χ3n) is 6.55. The second-order valence-corrected chi connectivity index (χ2v) is 11.0. The predicted octanol–water partition coefficient (Wildman–Crippen LogP) is 2.05. The van der Waals surface area contributed by atoms with Crippen molar-refractivity contribution in [3.8, 4) is 6.01 Å². The molecule has 0 saturated carbocycles. The summed E-state index contributed by atoms with van der Waals surface area (Å²) < 4.78 is 75.5. The van der Waals surface area contributed by atoms with Gasteiger partial charge in [-0.1, -0.05) is 0 Å². The fraction of sp³-hybridized carbons (Fsp3) is 0.391. The summed E-state index contributed by atoms with van der Waals surface area (Å²) in [5.74, 6) is -5.09. The number of benzene rings is 1. The topological polar surface area (TPSA) is 111 Å². The molecule has 0 N–H and O–H groups in total. The molecule has 196 valence electrons. The summed E-state index contributed by atoms with van der Waals surface area (Å²) in [5, 5.41) is 4.34. The molecule has 0 aliphatic carbocycles. The molecule has 2 aromatic heterocycles. The lowest BCUT2D eigenvalue weighted by Crippen LogP contribution is -2.46. The van der Waals surface area contributed by atoms with Crippen LogP contribution >= 0.6 is 0 Å². The molecule has 4 heterocycles. The van der Waals surface area contributed by atoms with E-state index in [0.29, 0.717) is 11.4 Å². The van der Waals surface area contributed by atoms with E-state index >= 15 is 0 Å². The van der Waals surface area contributed by atoms with Crippen LogP contribution in [0, 0.1) is 17.5 Å². The number of hydrogen-bond donors (Lipinski definition) is 0. The van der Waals surface area contributed by atoms with E-state index < -0.39 is 45.5 Å². The van der Waals surface area contributed by atoms with Crippen LogP contribution in [0.15, 0.2) is 36.8 Å². The van der Waals surface area contributed by atoms with Gasteiger partial charge in [0.2, 0.25) is 15.9 Å². The third kappa shape index (κ3) is 4.61. The van der Waals surface area contributed by atoms with E-state index in [0.717, 1.165) is 12.1 Å². The Morgan fingerprint density at radius 1 is 1.14 bits per heavy atom. The number of carbonyl (C=O) groups excluding carboxylic acids is 1. The van der Waals surface area contributed by atoms with Gasteiger partial charge in [0.25, 0.3) is 0 Å². The molecule has 1 aromatic carbocycles. The van der Waals surface area contributed by atoms with Crippen LogP contribution < -0.4 is 9.04 Å². The molecule has 2 aliphatic heterocycles. The molecular weight excluding hydrogens is 513 g/mol. The smallest absolute Gasteiger partial charge is 0.316 e. The largest absolute Gasteiger partial charge is 0.457 e. The molecule has 10 nitrogen and oxygen atoms in total. The van der Waals surface area contributed by atoms with Gasteiger partial charge in [0.1, 0.15) is 11.9 Å². The Balaban J connectivity index is 1.39. The third-order valence-corrected chi connectivity index (χ3v) is 8.43. The minimum absolute atomic E-state index is 0.00762. The van der Waals surface area contributed by atoms with Crippen molar-refractivity contribution in [2.45, 2.75) is 51.5 Å². The van der Waals surface area contributed by atoms with Gasteiger partial charge in [0.05, 0.1) is 43.1 Å². The number of aromatic nitrogens is 4. The van der Waals surface area contributed by atoms with Crippen LogP contribution in [-0.2, 0) is 34.3 Å². The summed E-state index contributed by atoms with van der Waals surface area (Å²) in [4.78, 5) is 22.6. The number of carbonyl (C=O) groups is 1. The molecule has 3 aromatic rings. The lowest BCUT2D eigenvalue weighted by Gasteiger charge is -2.35. The summed E-state index contributed by atoms with van der Waals surface area (Å²) in [7, 11) is -3.80. The van der Waals surface area contributed by atoms with E-state index in [9.17, 15) is 26.4 Å². The highest BCUT2D eigenvalue weighted by atomic mass is 32.2. The summed E-state index contributed by atoms with van der Waals surface area (Å²) >= 11 is 0. The van der Waals surface area contributed by atoms with Crippen LogP contribution in [0.3, 0.4) is 0 Å². The first kappa shape index (κ1) is 25.0. The van der Waals surface area contributed by atoms with Crippen molar-refractivity contribution >= 4 is 21.6 Å². The van der Waals surface area contributed by atoms with E-state index in [1.54, 1.807) is 24.6 Å². The average molecular weight is 537 g/mol. The maximum atomic E-state index is 13.6. The summed E-state index contributed by atoms with van der Waals surface area (Å²) in [6, 6.07) is 2.31. The second-order valence-electron chi connectivity index (χ2n) is 9.08. The molecule has 1 saturated heterocycles. The van der Waals surface area contributed by atoms with Crippen molar-refractivity contribution < 1.29 is 31.1 Å². The van der Waals surface area contributed by atoms with Crippen molar-refractivity contribution in [2.24, 2.45) is 0 Å². The van der Waals surface area contributed by atoms with Gasteiger partial charge in [-0.15, -0.1) is 0 Å². The molecule has 5 rings (SSSR count). The number of halogens is 3. The predicted molar refractivity (Wildman–Crippen MR) is 124 cm³/mol. The van der Waals surface area contributed by atoms with E-state index in [2.05, 4.69) is 15.1 Å². The van der Waals surface area contributed by atoms with E-state index in [1.807, 2.05) is 0 Å². The lowest BCUT2D eigenvalue weighted by molar-refractivity contribution is -0.134. The standard InChI is InChI=1S/C23H23F3N6O4S/c1-13-10-31-19(11-30(13)21(33)8-15-6-16(24)22(26)17(25)7-15)18(9-29-31)32-14(2)20(12-37(32,34)35)36-23-27-4-3-5-28-23/h3-7,9,13-14,20H,8,10-12H2,1-2H3/t13-,14?,20?/m0/s1. The maximum Gasteiger partial charge on any atom is 0.316 e. The molecular formula is C23H23F3N6O4S. The summed E-state index contributed by atoms with van der Waals surface area (Å²) in [6.07, 6.45) is 3.32. The molecule has 2 unspecified atom stereocenters. The van der Waals surface area contributed by atoms with Crippen molar-refractivity contribution in [1.29, 1.82) is 0 Å². The number of fused-ring (bicyclic) bond motifs is 1. The Bertz CT molecular complexity index is 1430. The van der Waals surface area contributed by atoms with Gasteiger partial charge in [-0.2, -0.15) is 5.10 Å². The van der Waals surface area contributed by atoms with Crippen LogP contribution in [0.25, 0.3) is 0 Å². The van der Waals surface area contributed by atoms with Gasteiger partial charge < -0.3 is 9.64 Å². The van der Waals surface area contributed by atoms with Crippen LogP contribution in [0.2, 0.25) is 0 Å². The highest BCUT2D eigenvalue weighted by Gasteiger charge is 2.46. The van der Waals surface area contributed by atoms with Gasteiger partial charge in [-0.3, -0.25) is 13.8 Å². The number of ether oxygens (including phenoxy) is 1. The van der Waals surface area contributed by atoms with Crippen LogP contribution in [0.5, 0.6) is 6.01 Å². The summed E-state index contributed by atoms with van der Waals surface area (Å²) in [6.45, 7) is 3.79. The number of anilines is 1. The van der Waals surface area contributed by atoms with Gasteiger partial charge in [0, 0.05) is 18.4 Å². The minimum Gasteiger partial charge on any atom is -0.457 e. The summed E-state index contributed by atoms with van der Waals surface area (Å²) in [5.41, 5.74) is 0.804. The highest BCUT2D eigenvalue weighted by Crippen LogP contribution is 2.35. The van der Waals surface area contributed by atoms with Gasteiger partial charge in [-0.05, 0) is 37.6 Å². The Hall–Kier alpha value is -3.68. The first-order valence-electron chi connectivity index (χ1n) is 11.5. The van der Waals surface area contributed by atoms with Crippen molar-refractivity contribution in [3.05, 3.63) is 65.5 Å². The molecule has 1 amide bonds. The molecule has 3 atom stereocenters. The SMILES string of the molecule is CC1C(Oc2ncccn2)CS(=O)(=O)N1c1cnn2c1CN(C(=O)Cc1cc(F)c(F)c(F)c1)[C@@H](C)C2. The number of nitrogens with zero attached hydrogens (tertiary/aromatic N) is 6. The zero-order valence-corrected chi connectivity index (χ0v) is 20.7. The molecule has 1 fully saturated rings. The van der Waals surface area contributed by atoms with Crippen molar-refractivity contribution in [2.75, 3.05) is 10.1 Å². The molecule has 0 bridgehead atoms. The number of hydrogen-bond acceptors (Lipinski definition) is 7. The van der Waals surface area contributed by atoms with Crippen molar-refractivity contribution in [3.63, 3.8) is 0 Å². The zero-order chi connectivity index (χ0) is 26.5. The normalized spacial score (nSPS) is 22.7. The minimum atomic E-state index is -3.80. The Morgan fingerprint density at radius 3 is 2.49 bits per heavy atom. The van der Waals surface area contributed by atoms with Crippen LogP contribution in [-0.4, -0.2) is 62.9 Å². The van der Waals surface area contributed by atoms with E-state index in [4.69, 9.17) is 4.74 Å². The second kappa shape index (κ2) is 9.32. The van der Waals surface area contributed by atoms with Crippen LogP contribution in [0.4, 0.5) is 18.9 Å². The van der Waals surface area contributed by atoms with E-state index in [-0.39, 0.29) is 42.9 Å². The van der Waals surface area contributed by atoms with Crippen molar-refractivity contribution in [1.82, 2.24) is 24.6 Å². The molecule has 0 radical (unpaired) electrons. The monoisotopic (exact) mass is 536 g/mol. The first-order valence-corrected chi connectivity index (χ1v) is 13.1. The van der Waals surface area contributed by atoms with Gasteiger partial charge in [0.15, 0.2) is 17.5 Å². The number of rotatable bonds is 5. The fourth-order valence-corrected chi connectivity index (χ4v) is 6.72. The molecule has 14 heteroatoms. The molecule has 0 spiro atoms. The van der Waals surface area contributed by atoms with Gasteiger partial charge >= 0.3 is 6.01 Å². The van der Waals surface area contributed by atoms with E-state index in [1.165, 1.54) is 27.8 Å². The number of amides is 1. The molecule has 37 heavy (non-hydrogen) atoms.